The monoisotopic (exact) mass is 293 g/mol. The Balaban J connectivity index is 1.97. The Morgan fingerprint density at radius 2 is 1.62 bits per heavy atom. The molecule has 0 saturated carbocycles. The van der Waals surface area contributed by atoms with Crippen molar-refractivity contribution in [2.24, 2.45) is 0 Å². The van der Waals surface area contributed by atoms with Crippen molar-refractivity contribution >= 4 is 23.4 Å². The predicted molar refractivity (Wildman–Crippen MR) is 91.1 cm³/mol. The van der Waals surface area contributed by atoms with Crippen LogP contribution in [0.2, 0.25) is 6.82 Å². The van der Waals surface area contributed by atoms with Crippen molar-refractivity contribution in [3.05, 3.63) is 66.0 Å². The highest BCUT2D eigenvalue weighted by Gasteiger charge is 2.09. The molecule has 1 aromatic heterocycles. The summed E-state index contributed by atoms with van der Waals surface area (Å²) in [6.45, 7) is 4.04. The largest absolute Gasteiger partial charge is 0.206 e. The van der Waals surface area contributed by atoms with Crippen molar-refractivity contribution in [3.63, 3.8) is 0 Å². The van der Waals surface area contributed by atoms with E-state index < -0.39 is 0 Å². The first-order valence-corrected chi connectivity index (χ1v) is 7.75. The van der Waals surface area contributed by atoms with Gasteiger partial charge < -0.3 is 0 Å². The molecule has 0 aliphatic rings. The molecule has 0 nitrogen and oxygen atoms in total. The van der Waals surface area contributed by atoms with Crippen LogP contribution >= 0.6 is 11.3 Å². The lowest BCUT2D eigenvalue weighted by molar-refractivity contribution is 0.632. The first kappa shape index (κ1) is 14.1. The van der Waals surface area contributed by atoms with Crippen LogP contribution in [0.25, 0.3) is 21.6 Å². The Kier molecular flexibility index (Phi) is 3.93. The highest BCUT2D eigenvalue weighted by atomic mass is 32.1. The lowest BCUT2D eigenvalue weighted by Gasteiger charge is -2.06. The van der Waals surface area contributed by atoms with E-state index in [2.05, 4.69) is 0 Å². The number of hydrogen-bond acceptors (Lipinski definition) is 1. The zero-order valence-corrected chi connectivity index (χ0v) is 12.9. The van der Waals surface area contributed by atoms with Crippen molar-refractivity contribution in [2.75, 3.05) is 0 Å². The molecule has 21 heavy (non-hydrogen) atoms. The molecule has 3 aromatic rings. The summed E-state index contributed by atoms with van der Waals surface area (Å²) in [5.41, 5.74) is 3.83. The van der Waals surface area contributed by atoms with Gasteiger partial charge in [-0.15, -0.1) is 0 Å². The summed E-state index contributed by atoms with van der Waals surface area (Å²) in [5.74, 6) is -0.169. The normalized spacial score (nSPS) is 10.6. The molecule has 0 aliphatic heterocycles. The highest BCUT2D eigenvalue weighted by molar-refractivity contribution is 7.24. The van der Waals surface area contributed by atoms with Gasteiger partial charge in [0.25, 0.3) is 0 Å². The van der Waals surface area contributed by atoms with E-state index in [1.54, 1.807) is 17.4 Å². The van der Waals surface area contributed by atoms with Gasteiger partial charge in [-0.2, -0.15) is 11.3 Å². The average Bonchev–Trinajstić information content (AvgIpc) is 2.96. The van der Waals surface area contributed by atoms with Gasteiger partial charge in [0, 0.05) is 10.4 Å². The summed E-state index contributed by atoms with van der Waals surface area (Å²) in [7, 11) is 2.03. The molecule has 2 aromatic carbocycles. The fraction of sp³-hybridized carbons (Fsp3) is 0.111. The topological polar surface area (TPSA) is 0 Å². The molecule has 1 radical (unpaired) electrons. The van der Waals surface area contributed by atoms with Crippen molar-refractivity contribution in [2.45, 2.75) is 13.7 Å². The maximum absolute atomic E-state index is 14.4. The molecule has 0 atom stereocenters. The maximum Gasteiger partial charge on any atom is 0.162 e. The van der Waals surface area contributed by atoms with Crippen LogP contribution in [0.5, 0.6) is 0 Å². The fourth-order valence-electron chi connectivity index (χ4n) is 2.29. The summed E-state index contributed by atoms with van der Waals surface area (Å²) >= 11 is 1.61. The third-order valence-electron chi connectivity index (χ3n) is 3.53. The zero-order chi connectivity index (χ0) is 14.8. The number of benzene rings is 2. The molecule has 0 bridgehead atoms. The number of aryl methyl sites for hydroxylation is 1. The van der Waals surface area contributed by atoms with Crippen LogP contribution in [0.4, 0.5) is 4.39 Å². The van der Waals surface area contributed by atoms with Crippen LogP contribution in [-0.2, 0) is 0 Å². The molecular weight excluding hydrogens is 278 g/mol. The summed E-state index contributed by atoms with van der Waals surface area (Å²) in [4.78, 5) is 0.969. The Bertz CT molecular complexity index is 759. The second-order valence-electron chi connectivity index (χ2n) is 5.05. The van der Waals surface area contributed by atoms with Gasteiger partial charge in [-0.1, -0.05) is 48.8 Å². The lowest BCUT2D eigenvalue weighted by Crippen LogP contribution is -2.01. The van der Waals surface area contributed by atoms with E-state index in [1.807, 2.05) is 69.6 Å². The summed E-state index contributed by atoms with van der Waals surface area (Å²) in [5, 5.41) is 0. The Morgan fingerprint density at radius 3 is 2.24 bits per heavy atom. The van der Waals surface area contributed by atoms with Crippen molar-refractivity contribution in [3.8, 4) is 21.6 Å². The smallest absolute Gasteiger partial charge is 0.162 e. The molecule has 0 N–H and O–H groups in total. The van der Waals surface area contributed by atoms with E-state index in [4.69, 9.17) is 0 Å². The lowest BCUT2D eigenvalue weighted by atomic mass is 9.81. The third-order valence-corrected chi connectivity index (χ3v) is 4.71. The first-order valence-electron chi connectivity index (χ1n) is 6.93. The Morgan fingerprint density at radius 1 is 0.905 bits per heavy atom. The molecule has 0 saturated heterocycles. The van der Waals surface area contributed by atoms with Gasteiger partial charge in [-0.25, -0.2) is 4.39 Å². The highest BCUT2D eigenvalue weighted by Crippen LogP contribution is 2.30. The van der Waals surface area contributed by atoms with Gasteiger partial charge in [0.1, 0.15) is 5.82 Å². The van der Waals surface area contributed by atoms with Gasteiger partial charge in [-0.05, 0) is 41.0 Å². The number of halogens is 1. The van der Waals surface area contributed by atoms with Crippen LogP contribution in [0.3, 0.4) is 0 Å². The molecule has 0 fully saturated rings. The van der Waals surface area contributed by atoms with Crippen LogP contribution in [-0.4, -0.2) is 7.28 Å². The van der Waals surface area contributed by atoms with E-state index >= 15 is 0 Å². The zero-order valence-electron chi connectivity index (χ0n) is 12.1. The van der Waals surface area contributed by atoms with Crippen molar-refractivity contribution < 1.29 is 4.39 Å². The van der Waals surface area contributed by atoms with E-state index in [0.717, 1.165) is 20.8 Å². The van der Waals surface area contributed by atoms with Crippen LogP contribution in [0, 0.1) is 12.7 Å². The molecule has 0 amide bonds. The summed E-state index contributed by atoms with van der Waals surface area (Å²) in [6.07, 6.45) is 0. The van der Waals surface area contributed by atoms with Crippen LogP contribution < -0.4 is 4.78 Å². The SMILES string of the molecule is C[B]c1ccc(-c2ccc(-c3ccc(C)cc3)cc2F)s1. The van der Waals surface area contributed by atoms with E-state index in [1.165, 1.54) is 5.56 Å². The average molecular weight is 293 g/mol. The molecule has 0 unspecified atom stereocenters. The second-order valence-corrected chi connectivity index (χ2v) is 6.17. The summed E-state index contributed by atoms with van der Waals surface area (Å²) in [6, 6.07) is 17.6. The number of thiophene rings is 1. The molecule has 103 valence electrons. The van der Waals surface area contributed by atoms with E-state index in [0.29, 0.717) is 5.56 Å². The van der Waals surface area contributed by atoms with Gasteiger partial charge in [0.2, 0.25) is 0 Å². The van der Waals surface area contributed by atoms with Gasteiger partial charge in [-0.3, -0.25) is 0 Å². The maximum atomic E-state index is 14.4. The fourth-order valence-corrected chi connectivity index (χ4v) is 3.21. The minimum absolute atomic E-state index is 0.169. The molecule has 3 heteroatoms. The number of rotatable bonds is 3. The van der Waals surface area contributed by atoms with E-state index in [-0.39, 0.29) is 5.82 Å². The van der Waals surface area contributed by atoms with Gasteiger partial charge in [0.15, 0.2) is 7.28 Å². The minimum Gasteiger partial charge on any atom is -0.206 e. The summed E-state index contributed by atoms with van der Waals surface area (Å²) < 4.78 is 15.6. The molecule has 0 aliphatic carbocycles. The molecule has 1 heterocycles. The Hall–Kier alpha value is -1.87. The molecular formula is C18H15BFS. The second kappa shape index (κ2) is 5.86. The predicted octanol–water partition coefficient (Wildman–Crippen LogP) is 4.91. The van der Waals surface area contributed by atoms with Crippen molar-refractivity contribution in [1.82, 2.24) is 0 Å². The number of hydrogen-bond donors (Lipinski definition) is 0. The van der Waals surface area contributed by atoms with Gasteiger partial charge >= 0.3 is 0 Å². The molecule has 0 spiro atoms. The first-order chi connectivity index (χ1) is 10.2. The van der Waals surface area contributed by atoms with E-state index in [9.17, 15) is 4.39 Å². The van der Waals surface area contributed by atoms with Gasteiger partial charge in [0.05, 0.1) is 0 Å². The third kappa shape index (κ3) is 2.93. The van der Waals surface area contributed by atoms with Crippen molar-refractivity contribution in [1.29, 1.82) is 0 Å². The quantitative estimate of drug-likeness (QED) is 0.602. The Labute approximate surface area is 129 Å². The standard InChI is InChI=1S/C18H15BFS/c1-12-3-5-13(6-4-12)14-7-8-15(16(20)11-14)17-9-10-18(19-2)21-17/h3-11H,1-2H3. The van der Waals surface area contributed by atoms with Crippen LogP contribution in [0.15, 0.2) is 54.6 Å². The minimum atomic E-state index is -0.169. The van der Waals surface area contributed by atoms with Crippen LogP contribution in [0.1, 0.15) is 5.56 Å². The molecule has 3 rings (SSSR count).